The maximum absolute atomic E-state index is 11.1. The van der Waals surface area contributed by atoms with Crippen molar-refractivity contribution >= 4 is 5.97 Å². The van der Waals surface area contributed by atoms with Crippen molar-refractivity contribution in [1.82, 2.24) is 5.32 Å². The maximum Gasteiger partial charge on any atom is 1.00 e. The number of hydrogen-bond donors (Lipinski definition) is 1. The number of aryl methyl sites for hydroxylation is 1. The number of carbonyl (C=O) groups is 1. The van der Waals surface area contributed by atoms with E-state index in [4.69, 9.17) is 0 Å². The monoisotopic (exact) mass is 319 g/mol. The van der Waals surface area contributed by atoms with Gasteiger partial charge < -0.3 is 15.2 Å². The third kappa shape index (κ3) is 6.11. The zero-order chi connectivity index (χ0) is 15.9. The Kier molecular flexibility index (Phi) is 8.56. The van der Waals surface area contributed by atoms with E-state index in [2.05, 4.69) is 48.6 Å². The van der Waals surface area contributed by atoms with Crippen molar-refractivity contribution in [2.24, 2.45) is 0 Å². The molecule has 2 aromatic rings. The molecule has 1 atom stereocenters. The Balaban J connectivity index is 0.00000264. The number of nitrogens with one attached hydrogen (secondary N) is 1. The van der Waals surface area contributed by atoms with Crippen LogP contribution in [0.1, 0.15) is 30.9 Å². The van der Waals surface area contributed by atoms with Gasteiger partial charge in [-0.2, -0.15) is 0 Å². The van der Waals surface area contributed by atoms with Crippen LogP contribution in [0.3, 0.4) is 0 Å². The van der Waals surface area contributed by atoms with Gasteiger partial charge in [-0.05, 0) is 36.1 Å². The summed E-state index contributed by atoms with van der Waals surface area (Å²) >= 11 is 0. The number of aliphatic carboxylic acids is 1. The average molecular weight is 319 g/mol. The Bertz CT molecular complexity index is 626. The van der Waals surface area contributed by atoms with Crippen LogP contribution in [0.25, 0.3) is 11.1 Å². The molecule has 0 heterocycles. The summed E-state index contributed by atoms with van der Waals surface area (Å²) in [6.07, 6.45) is 1.40. The zero-order valence-corrected chi connectivity index (χ0v) is 16.1. The summed E-state index contributed by atoms with van der Waals surface area (Å²) in [5.41, 5.74) is 4.61. The van der Waals surface area contributed by atoms with Crippen LogP contribution in [0.2, 0.25) is 0 Å². The Labute approximate surface area is 160 Å². The van der Waals surface area contributed by atoms with Gasteiger partial charge in [0.2, 0.25) is 0 Å². The fourth-order valence-electron chi connectivity index (χ4n) is 2.44. The minimum atomic E-state index is -1.03. The van der Waals surface area contributed by atoms with Gasteiger partial charge in [-0.25, -0.2) is 0 Å². The van der Waals surface area contributed by atoms with Crippen molar-refractivity contribution in [2.75, 3.05) is 0 Å². The van der Waals surface area contributed by atoms with E-state index in [-0.39, 0.29) is 29.6 Å². The Morgan fingerprint density at radius 3 is 2.43 bits per heavy atom. The van der Waals surface area contributed by atoms with E-state index in [0.29, 0.717) is 13.0 Å². The molecule has 1 unspecified atom stereocenters. The second-order valence-corrected chi connectivity index (χ2v) is 5.61. The van der Waals surface area contributed by atoms with Gasteiger partial charge in [0, 0.05) is 12.6 Å². The first kappa shape index (κ1) is 19.9. The first-order chi connectivity index (χ1) is 10.6. The number of hydrogen-bond acceptors (Lipinski definition) is 3. The fraction of sp³-hybridized carbons (Fsp3) is 0.316. The Hall–Kier alpha value is -1.13. The van der Waals surface area contributed by atoms with E-state index >= 15 is 0 Å². The van der Waals surface area contributed by atoms with Crippen LogP contribution in [0.4, 0.5) is 0 Å². The van der Waals surface area contributed by atoms with Crippen LogP contribution in [-0.4, -0.2) is 12.0 Å². The number of benzene rings is 2. The van der Waals surface area contributed by atoms with Gasteiger partial charge in [0.15, 0.2) is 0 Å². The third-order valence-corrected chi connectivity index (χ3v) is 3.73. The standard InChI is InChI=1S/C19H23NO2.Na/c1-3-5-18(19(21)22)20-13-15-6-4-7-17(12-15)16-10-8-14(2)9-11-16;/h4,6-12,18,20H,3,5,13H2,1-2H3,(H,21,22);/q;+1/p-1. The molecule has 1 N–H and O–H groups in total. The van der Waals surface area contributed by atoms with Crippen molar-refractivity contribution in [3.05, 3.63) is 59.7 Å². The van der Waals surface area contributed by atoms with Crippen LogP contribution in [-0.2, 0) is 11.3 Å². The smallest absolute Gasteiger partial charge is 0.548 e. The predicted molar refractivity (Wildman–Crippen MR) is 87.2 cm³/mol. The van der Waals surface area contributed by atoms with Crippen molar-refractivity contribution in [3.8, 4) is 11.1 Å². The SMILES string of the molecule is CCCC(NCc1cccc(-c2ccc(C)cc2)c1)C(=O)[O-].[Na+]. The normalized spacial score (nSPS) is 11.6. The van der Waals surface area contributed by atoms with Crippen molar-refractivity contribution in [2.45, 2.75) is 39.3 Å². The van der Waals surface area contributed by atoms with Gasteiger partial charge >= 0.3 is 29.6 Å². The van der Waals surface area contributed by atoms with Gasteiger partial charge in [-0.1, -0.05) is 61.4 Å². The van der Waals surface area contributed by atoms with Gasteiger partial charge in [-0.15, -0.1) is 0 Å². The van der Waals surface area contributed by atoms with Gasteiger partial charge in [0.05, 0.1) is 5.97 Å². The average Bonchev–Trinajstić information content (AvgIpc) is 2.52. The molecule has 2 rings (SSSR count). The molecule has 2 aromatic carbocycles. The molecule has 116 valence electrons. The zero-order valence-electron chi connectivity index (χ0n) is 14.1. The molecular weight excluding hydrogens is 297 g/mol. The second kappa shape index (κ2) is 9.89. The maximum atomic E-state index is 11.1. The van der Waals surface area contributed by atoms with E-state index in [1.807, 2.05) is 19.1 Å². The van der Waals surface area contributed by atoms with Gasteiger partial charge in [0.25, 0.3) is 0 Å². The minimum Gasteiger partial charge on any atom is -0.548 e. The Morgan fingerprint density at radius 1 is 1.13 bits per heavy atom. The summed E-state index contributed by atoms with van der Waals surface area (Å²) in [4.78, 5) is 11.1. The molecule has 0 aliphatic carbocycles. The molecule has 0 spiro atoms. The molecule has 0 saturated carbocycles. The van der Waals surface area contributed by atoms with E-state index in [1.165, 1.54) is 5.56 Å². The molecule has 0 radical (unpaired) electrons. The molecule has 0 aliphatic heterocycles. The molecule has 0 aliphatic rings. The molecule has 4 heteroatoms. The quantitative estimate of drug-likeness (QED) is 0.712. The van der Waals surface area contributed by atoms with Gasteiger partial charge in [0.1, 0.15) is 0 Å². The minimum absolute atomic E-state index is 0. The Morgan fingerprint density at radius 2 is 1.83 bits per heavy atom. The topological polar surface area (TPSA) is 52.2 Å². The van der Waals surface area contributed by atoms with Crippen LogP contribution in [0.5, 0.6) is 0 Å². The van der Waals surface area contributed by atoms with Gasteiger partial charge in [-0.3, -0.25) is 0 Å². The van der Waals surface area contributed by atoms with Crippen LogP contribution in [0.15, 0.2) is 48.5 Å². The van der Waals surface area contributed by atoms with Crippen molar-refractivity contribution < 1.29 is 39.5 Å². The number of carboxylic acid groups (broad SMARTS) is 1. The summed E-state index contributed by atoms with van der Waals surface area (Å²) in [5.74, 6) is -1.03. The van der Waals surface area contributed by atoms with Crippen molar-refractivity contribution in [3.63, 3.8) is 0 Å². The molecule has 0 saturated heterocycles. The second-order valence-electron chi connectivity index (χ2n) is 5.61. The van der Waals surface area contributed by atoms with Crippen molar-refractivity contribution in [1.29, 1.82) is 0 Å². The third-order valence-electron chi connectivity index (χ3n) is 3.73. The summed E-state index contributed by atoms with van der Waals surface area (Å²) < 4.78 is 0. The summed E-state index contributed by atoms with van der Waals surface area (Å²) in [5, 5.41) is 14.1. The fourth-order valence-corrected chi connectivity index (χ4v) is 2.44. The summed E-state index contributed by atoms with van der Waals surface area (Å²) in [6.45, 7) is 4.56. The first-order valence-corrected chi connectivity index (χ1v) is 7.70. The molecule has 0 aromatic heterocycles. The first-order valence-electron chi connectivity index (χ1n) is 7.70. The van der Waals surface area contributed by atoms with E-state index in [0.717, 1.165) is 23.1 Å². The van der Waals surface area contributed by atoms with Crippen LogP contribution >= 0.6 is 0 Å². The van der Waals surface area contributed by atoms with E-state index < -0.39 is 12.0 Å². The molecule has 3 nitrogen and oxygen atoms in total. The van der Waals surface area contributed by atoms with Crippen LogP contribution in [0, 0.1) is 6.92 Å². The molecular formula is C19H22NNaO2. The molecule has 0 amide bonds. The predicted octanol–water partition coefficient (Wildman–Crippen LogP) is -0.326. The molecule has 0 fully saturated rings. The number of carbonyl (C=O) groups excluding carboxylic acids is 1. The number of carboxylic acids is 1. The largest absolute Gasteiger partial charge is 1.00 e. The van der Waals surface area contributed by atoms with E-state index in [1.54, 1.807) is 0 Å². The summed E-state index contributed by atoms with van der Waals surface area (Å²) in [6, 6.07) is 16.0. The van der Waals surface area contributed by atoms with Crippen LogP contribution < -0.4 is 40.0 Å². The number of rotatable bonds is 7. The van der Waals surface area contributed by atoms with E-state index in [9.17, 15) is 9.90 Å². The molecule has 0 bridgehead atoms. The summed E-state index contributed by atoms with van der Waals surface area (Å²) in [7, 11) is 0. The molecule has 23 heavy (non-hydrogen) atoms.